The van der Waals surface area contributed by atoms with Crippen LogP contribution < -0.4 is 5.32 Å². The van der Waals surface area contributed by atoms with E-state index in [2.05, 4.69) is 5.32 Å². The zero-order valence-electron chi connectivity index (χ0n) is 11.0. The number of hydrogen-bond acceptors (Lipinski definition) is 2. The number of aliphatic hydroxyl groups excluding tert-OH is 1. The lowest BCUT2D eigenvalue weighted by Gasteiger charge is -2.28. The fourth-order valence-corrected chi connectivity index (χ4v) is 2.68. The predicted molar refractivity (Wildman–Crippen MR) is 71.1 cm³/mol. The molecule has 19 heavy (non-hydrogen) atoms. The monoisotopic (exact) mass is 265 g/mol. The SMILES string of the molecule is O=C(CCc1cccc(F)c1)NC1(CO)CCCC1. The summed E-state index contributed by atoms with van der Waals surface area (Å²) in [6.45, 7) is -0.00128. The van der Waals surface area contributed by atoms with E-state index in [0.29, 0.717) is 12.8 Å². The van der Waals surface area contributed by atoms with Crippen molar-refractivity contribution in [2.45, 2.75) is 44.1 Å². The number of hydrogen-bond donors (Lipinski definition) is 2. The van der Waals surface area contributed by atoms with Gasteiger partial charge < -0.3 is 10.4 Å². The van der Waals surface area contributed by atoms with Crippen LogP contribution in [0.5, 0.6) is 0 Å². The third-order valence-electron chi connectivity index (χ3n) is 3.80. The maximum atomic E-state index is 13.0. The van der Waals surface area contributed by atoms with Crippen molar-refractivity contribution in [3.05, 3.63) is 35.6 Å². The molecule has 1 aliphatic rings. The van der Waals surface area contributed by atoms with Gasteiger partial charge in [-0.05, 0) is 37.0 Å². The number of benzene rings is 1. The van der Waals surface area contributed by atoms with Crippen LogP contribution in [0.1, 0.15) is 37.7 Å². The van der Waals surface area contributed by atoms with Crippen molar-refractivity contribution >= 4 is 5.91 Å². The molecule has 0 atom stereocenters. The van der Waals surface area contributed by atoms with Crippen molar-refractivity contribution in [1.82, 2.24) is 5.32 Å². The van der Waals surface area contributed by atoms with Crippen LogP contribution in [0.2, 0.25) is 0 Å². The lowest BCUT2D eigenvalue weighted by Crippen LogP contribution is -2.49. The second-order valence-corrected chi connectivity index (χ2v) is 5.32. The Balaban J connectivity index is 1.84. The van der Waals surface area contributed by atoms with Gasteiger partial charge in [0.1, 0.15) is 5.82 Å². The van der Waals surface area contributed by atoms with Gasteiger partial charge in [0.05, 0.1) is 12.1 Å². The summed E-state index contributed by atoms with van der Waals surface area (Å²) in [5, 5.41) is 12.4. The largest absolute Gasteiger partial charge is 0.394 e. The average Bonchev–Trinajstić information content (AvgIpc) is 2.86. The van der Waals surface area contributed by atoms with E-state index >= 15 is 0 Å². The van der Waals surface area contributed by atoms with E-state index in [9.17, 15) is 14.3 Å². The van der Waals surface area contributed by atoms with Gasteiger partial charge in [-0.15, -0.1) is 0 Å². The topological polar surface area (TPSA) is 49.3 Å². The molecule has 0 bridgehead atoms. The Morgan fingerprint density at radius 2 is 2.11 bits per heavy atom. The first-order chi connectivity index (χ1) is 9.13. The molecule has 0 aliphatic heterocycles. The van der Waals surface area contributed by atoms with Gasteiger partial charge in [-0.25, -0.2) is 4.39 Å². The van der Waals surface area contributed by atoms with E-state index in [1.165, 1.54) is 12.1 Å². The molecule has 0 unspecified atom stereocenters. The summed E-state index contributed by atoms with van der Waals surface area (Å²) in [5.74, 6) is -0.347. The van der Waals surface area contributed by atoms with Gasteiger partial charge >= 0.3 is 0 Å². The number of aryl methyl sites for hydroxylation is 1. The highest BCUT2D eigenvalue weighted by atomic mass is 19.1. The number of rotatable bonds is 5. The minimum absolute atomic E-state index is 0.00128. The number of nitrogens with one attached hydrogen (secondary N) is 1. The van der Waals surface area contributed by atoms with E-state index in [1.807, 2.05) is 6.07 Å². The molecule has 104 valence electrons. The van der Waals surface area contributed by atoms with Crippen molar-refractivity contribution in [3.8, 4) is 0 Å². The van der Waals surface area contributed by atoms with Crippen LogP contribution in [-0.2, 0) is 11.2 Å². The minimum atomic E-state index is -0.418. The van der Waals surface area contributed by atoms with Gasteiger partial charge in [0.25, 0.3) is 0 Å². The molecule has 0 saturated heterocycles. The van der Waals surface area contributed by atoms with E-state index < -0.39 is 5.54 Å². The molecule has 1 fully saturated rings. The summed E-state index contributed by atoms with van der Waals surface area (Å²) in [6.07, 6.45) is 4.62. The first-order valence-electron chi connectivity index (χ1n) is 6.80. The molecular weight excluding hydrogens is 245 g/mol. The van der Waals surface area contributed by atoms with Crippen LogP contribution in [0.4, 0.5) is 4.39 Å². The van der Waals surface area contributed by atoms with Crippen LogP contribution in [0.3, 0.4) is 0 Å². The summed E-state index contributed by atoms with van der Waals surface area (Å²) in [4.78, 5) is 11.9. The number of aliphatic hydroxyl groups is 1. The van der Waals surface area contributed by atoms with Crippen molar-refractivity contribution in [2.75, 3.05) is 6.61 Å². The first-order valence-corrected chi connectivity index (χ1v) is 6.80. The Kier molecular flexibility index (Phi) is 4.53. The highest BCUT2D eigenvalue weighted by Gasteiger charge is 2.34. The molecule has 2 N–H and O–H groups in total. The smallest absolute Gasteiger partial charge is 0.220 e. The second kappa shape index (κ2) is 6.15. The van der Waals surface area contributed by atoms with Crippen LogP contribution in [-0.4, -0.2) is 23.2 Å². The molecule has 1 aromatic carbocycles. The van der Waals surface area contributed by atoms with Gasteiger partial charge in [-0.2, -0.15) is 0 Å². The van der Waals surface area contributed by atoms with Gasteiger partial charge in [-0.1, -0.05) is 25.0 Å². The van der Waals surface area contributed by atoms with Gasteiger partial charge in [-0.3, -0.25) is 4.79 Å². The highest BCUT2D eigenvalue weighted by Crippen LogP contribution is 2.29. The van der Waals surface area contributed by atoms with Gasteiger partial charge in [0.2, 0.25) is 5.91 Å². The normalized spacial score (nSPS) is 17.4. The summed E-state index contributed by atoms with van der Waals surface area (Å²) in [7, 11) is 0. The summed E-state index contributed by atoms with van der Waals surface area (Å²) in [5.41, 5.74) is 0.401. The molecule has 4 heteroatoms. The van der Waals surface area contributed by atoms with E-state index in [-0.39, 0.29) is 18.3 Å². The van der Waals surface area contributed by atoms with Crippen molar-refractivity contribution in [3.63, 3.8) is 0 Å². The first kappa shape index (κ1) is 14.0. The summed E-state index contributed by atoms with van der Waals surface area (Å²) < 4.78 is 13.0. The standard InChI is InChI=1S/C15H20FNO2/c16-13-5-3-4-12(10-13)6-7-14(19)17-15(11-18)8-1-2-9-15/h3-5,10,18H,1-2,6-9,11H2,(H,17,19). The van der Waals surface area contributed by atoms with Crippen LogP contribution >= 0.6 is 0 Å². The molecule has 0 aromatic heterocycles. The van der Waals surface area contributed by atoms with Gasteiger partial charge in [0.15, 0.2) is 0 Å². The predicted octanol–water partition coefficient (Wildman–Crippen LogP) is 2.18. The fraction of sp³-hybridized carbons (Fsp3) is 0.533. The quantitative estimate of drug-likeness (QED) is 0.857. The van der Waals surface area contributed by atoms with Crippen LogP contribution in [0, 0.1) is 5.82 Å². The molecule has 1 aliphatic carbocycles. The van der Waals surface area contributed by atoms with Crippen molar-refractivity contribution in [1.29, 1.82) is 0 Å². The zero-order chi connectivity index (χ0) is 13.7. The Morgan fingerprint density at radius 3 is 2.74 bits per heavy atom. The van der Waals surface area contributed by atoms with E-state index in [0.717, 1.165) is 31.2 Å². The maximum Gasteiger partial charge on any atom is 0.220 e. The van der Waals surface area contributed by atoms with E-state index in [4.69, 9.17) is 0 Å². The number of halogens is 1. The molecule has 0 heterocycles. The fourth-order valence-electron chi connectivity index (χ4n) is 2.68. The number of carbonyl (C=O) groups is 1. The lowest BCUT2D eigenvalue weighted by molar-refractivity contribution is -0.123. The van der Waals surface area contributed by atoms with Crippen molar-refractivity contribution in [2.24, 2.45) is 0 Å². The van der Waals surface area contributed by atoms with Crippen LogP contribution in [0.15, 0.2) is 24.3 Å². The summed E-state index contributed by atoms with van der Waals surface area (Å²) in [6, 6.07) is 6.30. The third kappa shape index (κ3) is 3.77. The van der Waals surface area contributed by atoms with Gasteiger partial charge in [0, 0.05) is 6.42 Å². The molecule has 3 nitrogen and oxygen atoms in total. The molecule has 0 spiro atoms. The van der Waals surface area contributed by atoms with E-state index in [1.54, 1.807) is 6.07 Å². The van der Waals surface area contributed by atoms with Crippen LogP contribution in [0.25, 0.3) is 0 Å². The number of carbonyl (C=O) groups excluding carboxylic acids is 1. The highest BCUT2D eigenvalue weighted by molar-refractivity contribution is 5.77. The number of amides is 1. The Bertz CT molecular complexity index is 442. The molecule has 1 saturated carbocycles. The second-order valence-electron chi connectivity index (χ2n) is 5.32. The Labute approximate surface area is 112 Å². The third-order valence-corrected chi connectivity index (χ3v) is 3.80. The average molecular weight is 265 g/mol. The lowest BCUT2D eigenvalue weighted by atomic mass is 9.98. The molecule has 0 radical (unpaired) electrons. The minimum Gasteiger partial charge on any atom is -0.394 e. The molecule has 1 aromatic rings. The molecule has 1 amide bonds. The van der Waals surface area contributed by atoms with Crippen molar-refractivity contribution < 1.29 is 14.3 Å². The Hall–Kier alpha value is -1.42. The molecular formula is C15H20FNO2. The summed E-state index contributed by atoms with van der Waals surface area (Å²) >= 11 is 0. The maximum absolute atomic E-state index is 13.0. The Morgan fingerprint density at radius 1 is 1.37 bits per heavy atom. The molecule has 2 rings (SSSR count). The zero-order valence-corrected chi connectivity index (χ0v) is 11.0.